The van der Waals surface area contributed by atoms with E-state index in [4.69, 9.17) is 14.7 Å². The first-order chi connectivity index (χ1) is 9.67. The van der Waals surface area contributed by atoms with Crippen LogP contribution < -0.4 is 9.47 Å². The monoisotopic (exact) mass is 395 g/mol. The van der Waals surface area contributed by atoms with Crippen molar-refractivity contribution in [2.75, 3.05) is 7.11 Å². The average molecular weight is 397 g/mol. The lowest BCUT2D eigenvalue weighted by atomic mass is 10.2. The molecule has 0 amide bonds. The molecule has 2 aromatic rings. The van der Waals surface area contributed by atoms with Crippen LogP contribution in [0.25, 0.3) is 0 Å². The molecule has 0 saturated carbocycles. The number of nitrogens with zero attached hydrogens (tertiary/aromatic N) is 1. The molecule has 0 fully saturated rings. The second-order valence-corrected chi connectivity index (χ2v) is 5.44. The van der Waals surface area contributed by atoms with Gasteiger partial charge in [0.25, 0.3) is 0 Å². The van der Waals surface area contributed by atoms with Crippen LogP contribution in [0.5, 0.6) is 17.2 Å². The second-order valence-electron chi connectivity index (χ2n) is 3.97. The van der Waals surface area contributed by atoms with Gasteiger partial charge in [-0.25, -0.2) is 0 Å². The van der Waals surface area contributed by atoms with Crippen LogP contribution in [0.2, 0.25) is 0 Å². The number of halogens is 2. The lowest BCUT2D eigenvalue weighted by Gasteiger charge is -2.13. The van der Waals surface area contributed by atoms with Gasteiger partial charge in [0.2, 0.25) is 0 Å². The second kappa shape index (κ2) is 6.78. The first-order valence-corrected chi connectivity index (χ1v) is 7.69. The SMILES string of the molecule is COc1cc(C#N)ccc1Oc1cc(Br)ccc1CBr. The first kappa shape index (κ1) is 14.9. The van der Waals surface area contributed by atoms with Crippen LogP contribution in [0, 0.1) is 11.3 Å². The van der Waals surface area contributed by atoms with E-state index in [9.17, 15) is 0 Å². The van der Waals surface area contributed by atoms with Gasteiger partial charge in [0.15, 0.2) is 11.5 Å². The standard InChI is InChI=1S/C15H11Br2NO2/c1-19-15-6-10(9-18)2-5-13(15)20-14-7-12(17)4-3-11(14)8-16/h2-7H,8H2,1H3. The molecule has 0 spiro atoms. The molecular weight excluding hydrogens is 386 g/mol. The molecule has 5 heteroatoms. The smallest absolute Gasteiger partial charge is 0.169 e. The number of hydrogen-bond acceptors (Lipinski definition) is 3. The van der Waals surface area contributed by atoms with E-state index in [1.807, 2.05) is 18.2 Å². The Bertz CT molecular complexity index is 665. The molecule has 102 valence electrons. The molecule has 3 nitrogen and oxygen atoms in total. The van der Waals surface area contributed by atoms with Crippen LogP contribution >= 0.6 is 31.9 Å². The van der Waals surface area contributed by atoms with Crippen molar-refractivity contribution in [3.8, 4) is 23.3 Å². The third kappa shape index (κ3) is 3.33. The van der Waals surface area contributed by atoms with Crippen molar-refractivity contribution in [3.05, 3.63) is 52.0 Å². The van der Waals surface area contributed by atoms with Gasteiger partial charge < -0.3 is 9.47 Å². The maximum atomic E-state index is 8.90. The van der Waals surface area contributed by atoms with E-state index in [-0.39, 0.29) is 0 Å². The molecule has 0 aromatic heterocycles. The Kier molecular flexibility index (Phi) is 5.05. The summed E-state index contributed by atoms with van der Waals surface area (Å²) in [5.74, 6) is 1.84. The van der Waals surface area contributed by atoms with Gasteiger partial charge in [-0.05, 0) is 24.3 Å². The topological polar surface area (TPSA) is 42.2 Å². The maximum absolute atomic E-state index is 8.90. The summed E-state index contributed by atoms with van der Waals surface area (Å²) in [7, 11) is 1.55. The molecule has 0 saturated heterocycles. The number of alkyl halides is 1. The van der Waals surface area contributed by atoms with E-state index in [1.54, 1.807) is 25.3 Å². The van der Waals surface area contributed by atoms with Gasteiger partial charge in [0.1, 0.15) is 5.75 Å². The molecule has 0 aliphatic carbocycles. The van der Waals surface area contributed by atoms with E-state index in [1.165, 1.54) is 0 Å². The lowest BCUT2D eigenvalue weighted by molar-refractivity contribution is 0.378. The van der Waals surface area contributed by atoms with E-state index in [0.717, 1.165) is 15.8 Å². The zero-order valence-electron chi connectivity index (χ0n) is 10.7. The third-order valence-corrected chi connectivity index (χ3v) is 3.78. The number of methoxy groups -OCH3 is 1. The van der Waals surface area contributed by atoms with Gasteiger partial charge in [-0.1, -0.05) is 37.9 Å². The lowest BCUT2D eigenvalue weighted by Crippen LogP contribution is -1.94. The Balaban J connectivity index is 2.39. The summed E-state index contributed by atoms with van der Waals surface area (Å²) in [6.45, 7) is 0. The summed E-state index contributed by atoms with van der Waals surface area (Å²) in [6, 6.07) is 13.0. The van der Waals surface area contributed by atoms with E-state index in [0.29, 0.717) is 22.4 Å². The van der Waals surface area contributed by atoms with Gasteiger partial charge in [-0.15, -0.1) is 0 Å². The van der Waals surface area contributed by atoms with Crippen LogP contribution in [-0.2, 0) is 5.33 Å². The van der Waals surface area contributed by atoms with Gasteiger partial charge in [-0.2, -0.15) is 5.26 Å². The molecule has 0 aliphatic heterocycles. The molecule has 0 radical (unpaired) electrons. The van der Waals surface area contributed by atoms with Gasteiger partial charge in [-0.3, -0.25) is 0 Å². The highest BCUT2D eigenvalue weighted by atomic mass is 79.9. The summed E-state index contributed by atoms with van der Waals surface area (Å²) in [5.41, 5.74) is 1.56. The Morgan fingerprint density at radius 1 is 1.10 bits per heavy atom. The van der Waals surface area contributed by atoms with E-state index in [2.05, 4.69) is 37.9 Å². The van der Waals surface area contributed by atoms with Crippen molar-refractivity contribution in [2.24, 2.45) is 0 Å². The van der Waals surface area contributed by atoms with Crippen molar-refractivity contribution in [2.45, 2.75) is 5.33 Å². The van der Waals surface area contributed by atoms with Crippen LogP contribution in [0.4, 0.5) is 0 Å². The van der Waals surface area contributed by atoms with Crippen molar-refractivity contribution in [1.82, 2.24) is 0 Å². The van der Waals surface area contributed by atoms with Crippen LogP contribution in [0.15, 0.2) is 40.9 Å². The summed E-state index contributed by atoms with van der Waals surface area (Å²) >= 11 is 6.86. The average Bonchev–Trinajstić information content (AvgIpc) is 2.48. The Labute approximate surface area is 134 Å². The van der Waals surface area contributed by atoms with Crippen molar-refractivity contribution < 1.29 is 9.47 Å². The minimum atomic E-state index is 0.532. The van der Waals surface area contributed by atoms with Crippen molar-refractivity contribution in [3.63, 3.8) is 0 Å². The molecule has 0 N–H and O–H groups in total. The number of benzene rings is 2. The van der Waals surface area contributed by atoms with Gasteiger partial charge >= 0.3 is 0 Å². The zero-order valence-corrected chi connectivity index (χ0v) is 13.9. The quantitative estimate of drug-likeness (QED) is 0.681. The molecule has 2 rings (SSSR count). The van der Waals surface area contributed by atoms with E-state index < -0.39 is 0 Å². The highest BCUT2D eigenvalue weighted by Crippen LogP contribution is 2.35. The molecule has 0 unspecified atom stereocenters. The molecule has 0 heterocycles. The van der Waals surface area contributed by atoms with Crippen molar-refractivity contribution in [1.29, 1.82) is 5.26 Å². The highest BCUT2D eigenvalue weighted by Gasteiger charge is 2.10. The molecular formula is C15H11Br2NO2. The summed E-state index contributed by atoms with van der Waals surface area (Å²) < 4.78 is 12.1. The normalized spacial score (nSPS) is 9.90. The van der Waals surface area contributed by atoms with Crippen LogP contribution in [0.3, 0.4) is 0 Å². The number of ether oxygens (including phenoxy) is 2. The van der Waals surface area contributed by atoms with Crippen LogP contribution in [0.1, 0.15) is 11.1 Å². The fraction of sp³-hybridized carbons (Fsp3) is 0.133. The van der Waals surface area contributed by atoms with E-state index >= 15 is 0 Å². The maximum Gasteiger partial charge on any atom is 0.169 e. The Morgan fingerprint density at radius 2 is 1.90 bits per heavy atom. The summed E-state index contributed by atoms with van der Waals surface area (Å²) in [6.07, 6.45) is 0. The molecule has 0 bridgehead atoms. The number of hydrogen-bond donors (Lipinski definition) is 0. The van der Waals surface area contributed by atoms with Crippen molar-refractivity contribution >= 4 is 31.9 Å². The minimum Gasteiger partial charge on any atom is -0.493 e. The predicted octanol–water partition coefficient (Wildman–Crippen LogP) is 5.02. The zero-order chi connectivity index (χ0) is 14.5. The summed E-state index contributed by atoms with van der Waals surface area (Å²) in [4.78, 5) is 0. The minimum absolute atomic E-state index is 0.532. The Hall–Kier alpha value is -1.51. The molecule has 0 atom stereocenters. The summed E-state index contributed by atoms with van der Waals surface area (Å²) in [5, 5.41) is 9.59. The predicted molar refractivity (Wildman–Crippen MR) is 84.6 cm³/mol. The molecule has 20 heavy (non-hydrogen) atoms. The fourth-order valence-corrected chi connectivity index (χ4v) is 2.48. The third-order valence-electron chi connectivity index (χ3n) is 2.69. The van der Waals surface area contributed by atoms with Crippen LogP contribution in [-0.4, -0.2) is 7.11 Å². The molecule has 0 aliphatic rings. The first-order valence-electron chi connectivity index (χ1n) is 5.78. The number of nitriles is 1. The molecule has 2 aromatic carbocycles. The van der Waals surface area contributed by atoms with Gasteiger partial charge in [0, 0.05) is 21.4 Å². The fourth-order valence-electron chi connectivity index (χ4n) is 1.67. The number of rotatable bonds is 4. The Morgan fingerprint density at radius 3 is 2.55 bits per heavy atom. The largest absolute Gasteiger partial charge is 0.493 e. The van der Waals surface area contributed by atoms with Gasteiger partial charge in [0.05, 0.1) is 18.7 Å². The highest BCUT2D eigenvalue weighted by molar-refractivity contribution is 9.10.